The van der Waals surface area contributed by atoms with Gasteiger partial charge in [0.2, 0.25) is 0 Å². The number of ether oxygens (including phenoxy) is 1. The average molecular weight is 201 g/mol. The fraction of sp³-hybridized carbons (Fsp3) is 0.900. The number of rotatable bonds is 4. The van der Waals surface area contributed by atoms with Crippen molar-refractivity contribution in [1.82, 2.24) is 4.90 Å². The van der Waals surface area contributed by atoms with E-state index in [4.69, 9.17) is 9.84 Å². The topological polar surface area (TPSA) is 49.8 Å². The van der Waals surface area contributed by atoms with Crippen LogP contribution in [0, 0.1) is 5.41 Å². The summed E-state index contributed by atoms with van der Waals surface area (Å²) in [7, 11) is 1.67. The standard InChI is InChI=1S/C10H19NO3/c1-8(6-14-3)11-5-4-10(2,7-11)9(12)13/h8H,4-7H2,1-3H3,(H,12,13). The summed E-state index contributed by atoms with van der Waals surface area (Å²) in [5, 5.41) is 9.04. The predicted molar refractivity (Wildman–Crippen MR) is 53.3 cm³/mol. The fourth-order valence-corrected chi connectivity index (χ4v) is 1.89. The van der Waals surface area contributed by atoms with E-state index in [-0.39, 0.29) is 0 Å². The summed E-state index contributed by atoms with van der Waals surface area (Å²) in [5.74, 6) is -0.690. The molecule has 0 spiro atoms. The Morgan fingerprint density at radius 1 is 1.71 bits per heavy atom. The highest BCUT2D eigenvalue weighted by atomic mass is 16.5. The summed E-state index contributed by atoms with van der Waals surface area (Å²) in [5.41, 5.74) is -0.567. The van der Waals surface area contributed by atoms with Crippen molar-refractivity contribution in [3.05, 3.63) is 0 Å². The van der Waals surface area contributed by atoms with Gasteiger partial charge in [-0.3, -0.25) is 9.69 Å². The molecule has 0 aromatic heterocycles. The first-order valence-corrected chi connectivity index (χ1v) is 4.96. The maximum absolute atomic E-state index is 11.0. The monoisotopic (exact) mass is 201 g/mol. The second-order valence-corrected chi connectivity index (χ2v) is 4.39. The van der Waals surface area contributed by atoms with Crippen LogP contribution in [0.25, 0.3) is 0 Å². The maximum atomic E-state index is 11.0. The quantitative estimate of drug-likeness (QED) is 0.731. The smallest absolute Gasteiger partial charge is 0.310 e. The second kappa shape index (κ2) is 4.28. The molecule has 1 N–H and O–H groups in total. The summed E-state index contributed by atoms with van der Waals surface area (Å²) >= 11 is 0. The van der Waals surface area contributed by atoms with Gasteiger partial charge in [-0.05, 0) is 26.8 Å². The van der Waals surface area contributed by atoms with Crippen LogP contribution in [0.4, 0.5) is 0 Å². The van der Waals surface area contributed by atoms with Crippen LogP contribution in [0.1, 0.15) is 20.3 Å². The molecule has 1 rings (SSSR count). The molecule has 1 aliphatic heterocycles. The molecule has 2 atom stereocenters. The highest BCUT2D eigenvalue weighted by molar-refractivity contribution is 5.74. The lowest BCUT2D eigenvalue weighted by molar-refractivity contribution is -0.147. The van der Waals surface area contributed by atoms with Crippen molar-refractivity contribution in [2.45, 2.75) is 26.3 Å². The van der Waals surface area contributed by atoms with Crippen molar-refractivity contribution in [3.8, 4) is 0 Å². The third-order valence-corrected chi connectivity index (χ3v) is 3.05. The lowest BCUT2D eigenvalue weighted by atomic mass is 9.90. The first kappa shape index (κ1) is 11.5. The molecule has 4 heteroatoms. The number of carboxylic acids is 1. The number of carbonyl (C=O) groups is 1. The SMILES string of the molecule is COCC(C)N1CCC(C)(C(=O)O)C1. The molecule has 14 heavy (non-hydrogen) atoms. The van der Waals surface area contributed by atoms with Gasteiger partial charge in [-0.15, -0.1) is 0 Å². The van der Waals surface area contributed by atoms with Crippen molar-refractivity contribution < 1.29 is 14.6 Å². The predicted octanol–water partition coefficient (Wildman–Crippen LogP) is 0.818. The van der Waals surface area contributed by atoms with Gasteiger partial charge in [-0.1, -0.05) is 0 Å². The van der Waals surface area contributed by atoms with Gasteiger partial charge in [0.15, 0.2) is 0 Å². The molecule has 2 unspecified atom stereocenters. The Morgan fingerprint density at radius 3 is 2.79 bits per heavy atom. The van der Waals surface area contributed by atoms with Gasteiger partial charge in [0.05, 0.1) is 12.0 Å². The highest BCUT2D eigenvalue weighted by Crippen LogP contribution is 2.31. The molecule has 1 fully saturated rings. The van der Waals surface area contributed by atoms with Gasteiger partial charge in [0.25, 0.3) is 0 Å². The largest absolute Gasteiger partial charge is 0.481 e. The molecule has 0 aromatic rings. The summed E-state index contributed by atoms with van der Waals surface area (Å²) < 4.78 is 5.06. The molecule has 0 saturated carbocycles. The van der Waals surface area contributed by atoms with Crippen molar-refractivity contribution in [3.63, 3.8) is 0 Å². The van der Waals surface area contributed by atoms with E-state index in [0.29, 0.717) is 19.2 Å². The van der Waals surface area contributed by atoms with Crippen molar-refractivity contribution in [2.75, 3.05) is 26.8 Å². The maximum Gasteiger partial charge on any atom is 0.310 e. The Balaban J connectivity index is 2.52. The first-order chi connectivity index (χ1) is 6.49. The normalized spacial score (nSPS) is 30.5. The molecule has 1 aliphatic rings. The summed E-state index contributed by atoms with van der Waals surface area (Å²) in [6.45, 7) is 6.03. The zero-order valence-electron chi connectivity index (χ0n) is 9.12. The average Bonchev–Trinajstić information content (AvgIpc) is 2.50. The number of carboxylic acid groups (broad SMARTS) is 1. The molecule has 1 saturated heterocycles. The molecule has 0 radical (unpaired) electrons. The zero-order valence-corrected chi connectivity index (χ0v) is 9.12. The van der Waals surface area contributed by atoms with Crippen LogP contribution in [-0.2, 0) is 9.53 Å². The van der Waals surface area contributed by atoms with Crippen molar-refractivity contribution in [1.29, 1.82) is 0 Å². The Morgan fingerprint density at radius 2 is 2.36 bits per heavy atom. The van der Waals surface area contributed by atoms with E-state index in [2.05, 4.69) is 11.8 Å². The van der Waals surface area contributed by atoms with E-state index in [0.717, 1.165) is 13.0 Å². The summed E-state index contributed by atoms with van der Waals surface area (Å²) in [6, 6.07) is 0.307. The van der Waals surface area contributed by atoms with Gasteiger partial charge >= 0.3 is 5.97 Å². The molecular formula is C10H19NO3. The van der Waals surface area contributed by atoms with Gasteiger partial charge in [0.1, 0.15) is 0 Å². The zero-order chi connectivity index (χ0) is 10.8. The number of methoxy groups -OCH3 is 1. The van der Waals surface area contributed by atoms with E-state index in [1.54, 1.807) is 7.11 Å². The fourth-order valence-electron chi connectivity index (χ4n) is 1.89. The lowest BCUT2D eigenvalue weighted by Gasteiger charge is -2.25. The van der Waals surface area contributed by atoms with E-state index in [9.17, 15) is 4.79 Å². The van der Waals surface area contributed by atoms with Crippen LogP contribution >= 0.6 is 0 Å². The summed E-state index contributed by atoms with van der Waals surface area (Å²) in [4.78, 5) is 13.2. The minimum atomic E-state index is -0.690. The van der Waals surface area contributed by atoms with E-state index in [1.165, 1.54) is 0 Å². The number of hydrogen-bond donors (Lipinski definition) is 1. The number of nitrogens with zero attached hydrogens (tertiary/aromatic N) is 1. The molecule has 0 amide bonds. The Labute approximate surface area is 84.8 Å². The van der Waals surface area contributed by atoms with Gasteiger partial charge < -0.3 is 9.84 Å². The number of aliphatic carboxylic acids is 1. The van der Waals surface area contributed by atoms with Crippen molar-refractivity contribution >= 4 is 5.97 Å². The minimum absolute atomic E-state index is 0.307. The third-order valence-electron chi connectivity index (χ3n) is 3.05. The molecular weight excluding hydrogens is 182 g/mol. The van der Waals surface area contributed by atoms with E-state index < -0.39 is 11.4 Å². The van der Waals surface area contributed by atoms with E-state index >= 15 is 0 Å². The molecule has 82 valence electrons. The van der Waals surface area contributed by atoms with Crippen LogP contribution in [-0.4, -0.2) is 48.8 Å². The molecule has 4 nitrogen and oxygen atoms in total. The summed E-state index contributed by atoms with van der Waals surface area (Å²) in [6.07, 6.45) is 0.733. The number of hydrogen-bond acceptors (Lipinski definition) is 3. The minimum Gasteiger partial charge on any atom is -0.481 e. The van der Waals surface area contributed by atoms with Crippen molar-refractivity contribution in [2.24, 2.45) is 5.41 Å². The Bertz CT molecular complexity index is 219. The van der Waals surface area contributed by atoms with Gasteiger partial charge in [-0.2, -0.15) is 0 Å². The highest BCUT2D eigenvalue weighted by Gasteiger charge is 2.41. The van der Waals surface area contributed by atoms with Crippen LogP contribution in [0.15, 0.2) is 0 Å². The molecule has 0 bridgehead atoms. The third kappa shape index (κ3) is 2.25. The Kier molecular flexibility index (Phi) is 3.50. The van der Waals surface area contributed by atoms with Crippen LogP contribution in [0.5, 0.6) is 0 Å². The van der Waals surface area contributed by atoms with Gasteiger partial charge in [-0.25, -0.2) is 0 Å². The molecule has 0 aromatic carbocycles. The van der Waals surface area contributed by atoms with Crippen LogP contribution in [0.3, 0.4) is 0 Å². The number of likely N-dealkylation sites (tertiary alicyclic amines) is 1. The first-order valence-electron chi connectivity index (χ1n) is 4.96. The molecule has 0 aliphatic carbocycles. The lowest BCUT2D eigenvalue weighted by Crippen LogP contribution is -2.38. The van der Waals surface area contributed by atoms with Gasteiger partial charge in [0, 0.05) is 19.7 Å². The second-order valence-electron chi connectivity index (χ2n) is 4.39. The van der Waals surface area contributed by atoms with Crippen LogP contribution < -0.4 is 0 Å². The van der Waals surface area contributed by atoms with E-state index in [1.807, 2.05) is 6.92 Å². The van der Waals surface area contributed by atoms with Crippen LogP contribution in [0.2, 0.25) is 0 Å². The molecule has 1 heterocycles. The Hall–Kier alpha value is -0.610.